The highest BCUT2D eigenvalue weighted by Crippen LogP contribution is 1.95. The lowest BCUT2D eigenvalue weighted by molar-refractivity contribution is -0.141. The summed E-state index contributed by atoms with van der Waals surface area (Å²) in [7, 11) is 1.39. The van der Waals surface area contributed by atoms with Gasteiger partial charge in [-0.15, -0.1) is 0 Å². The molecule has 0 unspecified atom stereocenters. The molecule has 0 aliphatic carbocycles. The molecule has 3 nitrogen and oxygen atoms in total. The molecule has 4 heteroatoms. The van der Waals surface area contributed by atoms with Crippen molar-refractivity contribution >= 4 is 28.6 Å². The first kappa shape index (κ1) is 12.2. The van der Waals surface area contributed by atoms with E-state index in [-0.39, 0.29) is 5.97 Å². The second kappa shape index (κ2) is 9.25. The van der Waals surface area contributed by atoms with Crippen LogP contribution in [0.4, 0.5) is 0 Å². The van der Waals surface area contributed by atoms with E-state index in [0.717, 1.165) is 17.5 Å². The standard InChI is InChI=1S/C8H15IO3/c1-11-8(10)4-7-12-6-3-2-5-9/h2-7H2,1H3. The van der Waals surface area contributed by atoms with Gasteiger partial charge in [-0.2, -0.15) is 0 Å². The average molecular weight is 286 g/mol. The lowest BCUT2D eigenvalue weighted by Crippen LogP contribution is -2.06. The molecule has 0 spiro atoms. The number of rotatable bonds is 7. The van der Waals surface area contributed by atoms with E-state index in [9.17, 15) is 4.79 Å². The van der Waals surface area contributed by atoms with Gasteiger partial charge in [-0.05, 0) is 17.3 Å². The fourth-order valence-corrected chi connectivity index (χ4v) is 1.20. The van der Waals surface area contributed by atoms with Crippen molar-refractivity contribution in [1.29, 1.82) is 0 Å². The van der Waals surface area contributed by atoms with E-state index < -0.39 is 0 Å². The first-order valence-corrected chi connectivity index (χ1v) is 5.54. The van der Waals surface area contributed by atoms with E-state index in [0.29, 0.717) is 13.0 Å². The molecule has 0 aromatic heterocycles. The number of carbonyl (C=O) groups is 1. The maximum Gasteiger partial charge on any atom is 0.307 e. The summed E-state index contributed by atoms with van der Waals surface area (Å²) >= 11 is 2.34. The molecule has 0 saturated carbocycles. The number of esters is 1. The van der Waals surface area contributed by atoms with Crippen LogP contribution in [0.1, 0.15) is 19.3 Å². The lowest BCUT2D eigenvalue weighted by Gasteiger charge is -2.01. The zero-order chi connectivity index (χ0) is 9.23. The predicted molar refractivity (Wildman–Crippen MR) is 55.6 cm³/mol. The Morgan fingerprint density at radius 2 is 2.08 bits per heavy atom. The maximum atomic E-state index is 10.6. The molecule has 12 heavy (non-hydrogen) atoms. The smallest absolute Gasteiger partial charge is 0.307 e. The number of unbranched alkanes of at least 4 members (excludes halogenated alkanes) is 1. The number of hydrogen-bond acceptors (Lipinski definition) is 3. The second-order valence-electron chi connectivity index (χ2n) is 2.33. The number of methoxy groups -OCH3 is 1. The van der Waals surface area contributed by atoms with E-state index in [1.807, 2.05) is 0 Å². The predicted octanol–water partition coefficient (Wildman–Crippen LogP) is 1.78. The van der Waals surface area contributed by atoms with E-state index in [1.165, 1.54) is 13.5 Å². The third-order valence-electron chi connectivity index (χ3n) is 1.35. The Morgan fingerprint density at radius 3 is 2.67 bits per heavy atom. The number of ether oxygens (including phenoxy) is 2. The summed E-state index contributed by atoms with van der Waals surface area (Å²) in [5, 5.41) is 0. The van der Waals surface area contributed by atoms with Gasteiger partial charge >= 0.3 is 5.97 Å². The second-order valence-corrected chi connectivity index (χ2v) is 3.41. The zero-order valence-electron chi connectivity index (χ0n) is 7.35. The third-order valence-corrected chi connectivity index (χ3v) is 2.11. The highest BCUT2D eigenvalue weighted by atomic mass is 127. The van der Waals surface area contributed by atoms with Gasteiger partial charge in [0.2, 0.25) is 0 Å². The van der Waals surface area contributed by atoms with Gasteiger partial charge < -0.3 is 9.47 Å². The Balaban J connectivity index is 2.95. The molecule has 0 aromatic carbocycles. The SMILES string of the molecule is COC(=O)CCOCCCCI. The van der Waals surface area contributed by atoms with Crippen LogP contribution in [0, 0.1) is 0 Å². The molecule has 0 rings (SSSR count). The largest absolute Gasteiger partial charge is 0.469 e. The van der Waals surface area contributed by atoms with Gasteiger partial charge in [0, 0.05) is 6.61 Å². The number of halogens is 1. The molecule has 0 radical (unpaired) electrons. The highest BCUT2D eigenvalue weighted by Gasteiger charge is 1.98. The molecule has 0 fully saturated rings. The number of carbonyl (C=O) groups excluding carboxylic acids is 1. The van der Waals surface area contributed by atoms with Gasteiger partial charge in [0.1, 0.15) is 0 Å². The molecule has 0 saturated heterocycles. The van der Waals surface area contributed by atoms with E-state index >= 15 is 0 Å². The minimum absolute atomic E-state index is 0.205. The van der Waals surface area contributed by atoms with Crippen molar-refractivity contribution in [1.82, 2.24) is 0 Å². The summed E-state index contributed by atoms with van der Waals surface area (Å²) in [6.07, 6.45) is 2.61. The first-order valence-electron chi connectivity index (χ1n) is 4.01. The first-order chi connectivity index (χ1) is 5.81. The van der Waals surface area contributed by atoms with Gasteiger partial charge in [0.15, 0.2) is 0 Å². The Kier molecular flexibility index (Phi) is 9.37. The van der Waals surface area contributed by atoms with Crippen LogP contribution in [0.25, 0.3) is 0 Å². The van der Waals surface area contributed by atoms with Crippen LogP contribution >= 0.6 is 22.6 Å². The number of hydrogen-bond donors (Lipinski definition) is 0. The fourth-order valence-electron chi connectivity index (χ4n) is 0.658. The molecule has 0 aromatic rings. The highest BCUT2D eigenvalue weighted by molar-refractivity contribution is 14.1. The maximum absolute atomic E-state index is 10.6. The van der Waals surface area contributed by atoms with E-state index in [2.05, 4.69) is 27.3 Å². The van der Waals surface area contributed by atoms with Crippen LogP contribution in [-0.4, -0.2) is 30.7 Å². The van der Waals surface area contributed by atoms with Crippen LogP contribution < -0.4 is 0 Å². The Labute approximate surface area is 86.9 Å². The van der Waals surface area contributed by atoms with Gasteiger partial charge in [-0.25, -0.2) is 0 Å². The van der Waals surface area contributed by atoms with Crippen LogP contribution in [0.3, 0.4) is 0 Å². The average Bonchev–Trinajstić information content (AvgIpc) is 2.10. The summed E-state index contributed by atoms with van der Waals surface area (Å²) in [6, 6.07) is 0. The molecule has 0 atom stereocenters. The topological polar surface area (TPSA) is 35.5 Å². The zero-order valence-corrected chi connectivity index (χ0v) is 9.50. The molecule has 72 valence electrons. The normalized spacial score (nSPS) is 9.83. The summed E-state index contributed by atoms with van der Waals surface area (Å²) < 4.78 is 10.8. The fraction of sp³-hybridized carbons (Fsp3) is 0.875. The Bertz CT molecular complexity index is 117. The summed E-state index contributed by atoms with van der Waals surface area (Å²) in [5.41, 5.74) is 0. The van der Waals surface area contributed by atoms with Gasteiger partial charge in [-0.3, -0.25) is 4.79 Å². The lowest BCUT2D eigenvalue weighted by atomic mass is 10.4. The quantitative estimate of drug-likeness (QED) is 0.310. The third kappa shape index (κ3) is 8.26. The summed E-state index contributed by atoms with van der Waals surface area (Å²) in [4.78, 5) is 10.6. The molecular formula is C8H15IO3. The van der Waals surface area contributed by atoms with E-state index in [4.69, 9.17) is 4.74 Å². The number of alkyl halides is 1. The molecule has 0 aliphatic rings. The van der Waals surface area contributed by atoms with Crippen molar-refractivity contribution in [3.05, 3.63) is 0 Å². The van der Waals surface area contributed by atoms with Crippen molar-refractivity contribution < 1.29 is 14.3 Å². The van der Waals surface area contributed by atoms with Crippen molar-refractivity contribution in [3.63, 3.8) is 0 Å². The van der Waals surface area contributed by atoms with E-state index in [1.54, 1.807) is 0 Å². The molecule has 0 amide bonds. The van der Waals surface area contributed by atoms with Gasteiger partial charge in [-0.1, -0.05) is 22.6 Å². The van der Waals surface area contributed by atoms with Gasteiger partial charge in [0.25, 0.3) is 0 Å². The van der Waals surface area contributed by atoms with Crippen molar-refractivity contribution in [2.75, 3.05) is 24.8 Å². The molecule has 0 aliphatic heterocycles. The Morgan fingerprint density at radius 1 is 1.33 bits per heavy atom. The molecule has 0 N–H and O–H groups in total. The van der Waals surface area contributed by atoms with Crippen LogP contribution in [0.5, 0.6) is 0 Å². The minimum atomic E-state index is -0.205. The summed E-state index contributed by atoms with van der Waals surface area (Å²) in [5.74, 6) is -0.205. The monoisotopic (exact) mass is 286 g/mol. The van der Waals surface area contributed by atoms with Crippen LogP contribution in [0.15, 0.2) is 0 Å². The van der Waals surface area contributed by atoms with Crippen molar-refractivity contribution in [3.8, 4) is 0 Å². The van der Waals surface area contributed by atoms with Crippen molar-refractivity contribution in [2.45, 2.75) is 19.3 Å². The summed E-state index contributed by atoms with van der Waals surface area (Å²) in [6.45, 7) is 1.23. The van der Waals surface area contributed by atoms with Crippen molar-refractivity contribution in [2.24, 2.45) is 0 Å². The van der Waals surface area contributed by atoms with Crippen LogP contribution in [-0.2, 0) is 14.3 Å². The van der Waals surface area contributed by atoms with Gasteiger partial charge in [0.05, 0.1) is 20.1 Å². The molecule has 0 bridgehead atoms. The molecular weight excluding hydrogens is 271 g/mol. The minimum Gasteiger partial charge on any atom is -0.469 e. The van der Waals surface area contributed by atoms with Crippen LogP contribution in [0.2, 0.25) is 0 Å². The molecule has 0 heterocycles. The Hall–Kier alpha value is 0.160.